The maximum atomic E-state index is 12.1. The molecule has 1 aliphatic rings. The number of phenols is 1. The molecule has 0 bridgehead atoms. The number of thioether (sulfide) groups is 1. The van der Waals surface area contributed by atoms with Crippen molar-refractivity contribution in [3.8, 4) is 5.75 Å². The van der Waals surface area contributed by atoms with E-state index in [1.807, 2.05) is 6.07 Å². The molecule has 2 N–H and O–H groups in total. The Labute approximate surface area is 158 Å². The number of amides is 1. The number of hydrogen-bond acceptors (Lipinski definition) is 5. The quantitative estimate of drug-likeness (QED) is 0.611. The summed E-state index contributed by atoms with van der Waals surface area (Å²) in [5.74, 6) is -0.0302. The molecule has 0 aliphatic carbocycles. The number of nitrogens with zero attached hydrogens (tertiary/aromatic N) is 2. The Morgan fingerprint density at radius 2 is 2.04 bits per heavy atom. The van der Waals surface area contributed by atoms with Crippen LogP contribution in [0.1, 0.15) is 11.1 Å². The van der Waals surface area contributed by atoms with Crippen LogP contribution in [0.2, 0.25) is 10.0 Å². The minimum Gasteiger partial charge on any atom is -0.507 e. The van der Waals surface area contributed by atoms with E-state index in [4.69, 9.17) is 23.2 Å². The molecule has 0 radical (unpaired) electrons. The summed E-state index contributed by atoms with van der Waals surface area (Å²) >= 11 is 13.3. The monoisotopic (exact) mass is 393 g/mol. The molecular formula is C17H13Cl2N3O2S. The van der Waals surface area contributed by atoms with Crippen molar-refractivity contribution in [2.75, 3.05) is 0 Å². The third-order valence-corrected chi connectivity index (χ3v) is 5.14. The van der Waals surface area contributed by atoms with Gasteiger partial charge in [-0.2, -0.15) is 5.10 Å². The molecule has 1 amide bonds. The fourth-order valence-corrected chi connectivity index (χ4v) is 3.65. The average molecular weight is 394 g/mol. The van der Waals surface area contributed by atoms with E-state index < -0.39 is 0 Å². The molecule has 1 atom stereocenters. The lowest BCUT2D eigenvalue weighted by Gasteiger charge is -2.07. The Bertz CT molecular complexity index is 871. The number of halogens is 2. The van der Waals surface area contributed by atoms with Crippen LogP contribution in [0.25, 0.3) is 0 Å². The van der Waals surface area contributed by atoms with Crippen LogP contribution in [0.4, 0.5) is 0 Å². The van der Waals surface area contributed by atoms with Crippen molar-refractivity contribution in [1.82, 2.24) is 5.32 Å². The van der Waals surface area contributed by atoms with E-state index >= 15 is 0 Å². The zero-order valence-electron chi connectivity index (χ0n) is 12.8. The minimum absolute atomic E-state index is 0.116. The SMILES string of the molecule is O=C1N/C(=N/N=C\c2ccccc2O)S[C@@H]1Cc1ccc(Cl)cc1Cl. The van der Waals surface area contributed by atoms with Crippen LogP contribution in [0.15, 0.2) is 52.7 Å². The predicted molar refractivity (Wildman–Crippen MR) is 103 cm³/mol. The van der Waals surface area contributed by atoms with E-state index in [0.717, 1.165) is 5.56 Å². The van der Waals surface area contributed by atoms with Crippen molar-refractivity contribution >= 4 is 52.3 Å². The number of carbonyl (C=O) groups excluding carboxylic acids is 1. The van der Waals surface area contributed by atoms with Gasteiger partial charge in [-0.1, -0.05) is 53.2 Å². The van der Waals surface area contributed by atoms with Crippen molar-refractivity contribution in [2.24, 2.45) is 10.2 Å². The summed E-state index contributed by atoms with van der Waals surface area (Å²) < 4.78 is 0. The number of phenolic OH excluding ortho intramolecular Hbond substituents is 1. The molecule has 2 aromatic rings. The number of amidine groups is 1. The van der Waals surface area contributed by atoms with Crippen LogP contribution in [0.3, 0.4) is 0 Å². The molecule has 1 fully saturated rings. The van der Waals surface area contributed by atoms with Crippen LogP contribution in [-0.4, -0.2) is 27.6 Å². The van der Waals surface area contributed by atoms with Gasteiger partial charge in [0.2, 0.25) is 5.91 Å². The highest BCUT2D eigenvalue weighted by molar-refractivity contribution is 8.15. The Kier molecular flexibility index (Phi) is 5.63. The molecule has 0 unspecified atom stereocenters. The average Bonchev–Trinajstić information content (AvgIpc) is 2.92. The van der Waals surface area contributed by atoms with Crippen LogP contribution < -0.4 is 5.32 Å². The summed E-state index contributed by atoms with van der Waals surface area (Å²) in [6.45, 7) is 0. The second-order valence-electron chi connectivity index (χ2n) is 5.24. The number of aromatic hydroxyl groups is 1. The maximum absolute atomic E-state index is 12.1. The molecule has 25 heavy (non-hydrogen) atoms. The van der Waals surface area contributed by atoms with Gasteiger partial charge < -0.3 is 10.4 Å². The first-order chi connectivity index (χ1) is 12.0. The van der Waals surface area contributed by atoms with Gasteiger partial charge in [-0.25, -0.2) is 0 Å². The third-order valence-electron chi connectivity index (χ3n) is 3.48. The van der Waals surface area contributed by atoms with Gasteiger partial charge >= 0.3 is 0 Å². The summed E-state index contributed by atoms with van der Waals surface area (Å²) in [6.07, 6.45) is 1.90. The largest absolute Gasteiger partial charge is 0.507 e. The lowest BCUT2D eigenvalue weighted by Crippen LogP contribution is -2.26. The van der Waals surface area contributed by atoms with Crippen molar-refractivity contribution in [3.05, 3.63) is 63.6 Å². The van der Waals surface area contributed by atoms with Gasteiger partial charge in [-0.3, -0.25) is 4.79 Å². The van der Waals surface area contributed by atoms with E-state index in [1.54, 1.807) is 36.4 Å². The lowest BCUT2D eigenvalue weighted by molar-refractivity contribution is -0.118. The van der Waals surface area contributed by atoms with Crippen molar-refractivity contribution in [2.45, 2.75) is 11.7 Å². The zero-order chi connectivity index (χ0) is 17.8. The second-order valence-corrected chi connectivity index (χ2v) is 7.28. The molecule has 3 rings (SSSR count). The van der Waals surface area contributed by atoms with E-state index in [-0.39, 0.29) is 16.9 Å². The molecule has 8 heteroatoms. The molecule has 0 saturated carbocycles. The summed E-state index contributed by atoms with van der Waals surface area (Å²) in [5.41, 5.74) is 1.39. The van der Waals surface area contributed by atoms with Crippen molar-refractivity contribution in [1.29, 1.82) is 0 Å². The predicted octanol–water partition coefficient (Wildman–Crippen LogP) is 3.86. The Morgan fingerprint density at radius 3 is 2.80 bits per heavy atom. The third kappa shape index (κ3) is 4.54. The van der Waals surface area contributed by atoms with Crippen LogP contribution in [0.5, 0.6) is 5.75 Å². The first-order valence-corrected chi connectivity index (χ1v) is 8.97. The van der Waals surface area contributed by atoms with Crippen LogP contribution in [-0.2, 0) is 11.2 Å². The second kappa shape index (κ2) is 7.91. The van der Waals surface area contributed by atoms with Gasteiger partial charge in [0.1, 0.15) is 5.75 Å². The summed E-state index contributed by atoms with van der Waals surface area (Å²) in [6, 6.07) is 12.0. The standard InChI is InChI=1S/C17H13Cl2N3O2S/c18-12-6-5-10(13(19)8-12)7-15-16(24)21-17(25-15)22-20-9-11-3-1-2-4-14(11)23/h1-6,8-9,15,23H,7H2,(H,21,22,24)/b20-9-/t15-/m1/s1. The molecule has 5 nitrogen and oxygen atoms in total. The smallest absolute Gasteiger partial charge is 0.239 e. The number of benzene rings is 2. The topological polar surface area (TPSA) is 74.0 Å². The lowest BCUT2D eigenvalue weighted by atomic mass is 10.1. The summed E-state index contributed by atoms with van der Waals surface area (Å²) in [5, 5.41) is 21.4. The molecule has 1 heterocycles. The van der Waals surface area contributed by atoms with Gasteiger partial charge in [0, 0.05) is 15.6 Å². The molecule has 2 aromatic carbocycles. The van der Waals surface area contributed by atoms with Gasteiger partial charge in [0.15, 0.2) is 5.17 Å². The van der Waals surface area contributed by atoms with Gasteiger partial charge in [-0.05, 0) is 36.2 Å². The van der Waals surface area contributed by atoms with Crippen LogP contribution >= 0.6 is 35.0 Å². The first kappa shape index (κ1) is 17.8. The fraction of sp³-hybridized carbons (Fsp3) is 0.118. The highest BCUT2D eigenvalue weighted by atomic mass is 35.5. The molecule has 0 spiro atoms. The summed E-state index contributed by atoms with van der Waals surface area (Å²) in [7, 11) is 0. The number of hydrogen-bond donors (Lipinski definition) is 2. The van der Waals surface area contributed by atoms with Crippen molar-refractivity contribution < 1.29 is 9.90 Å². The number of nitrogens with one attached hydrogen (secondary N) is 1. The summed E-state index contributed by atoms with van der Waals surface area (Å²) in [4.78, 5) is 12.1. The highest BCUT2D eigenvalue weighted by Gasteiger charge is 2.30. The number of rotatable bonds is 4. The zero-order valence-corrected chi connectivity index (χ0v) is 15.1. The van der Waals surface area contributed by atoms with E-state index in [1.165, 1.54) is 18.0 Å². The maximum Gasteiger partial charge on any atom is 0.239 e. The van der Waals surface area contributed by atoms with Gasteiger partial charge in [-0.15, -0.1) is 5.10 Å². The van der Waals surface area contributed by atoms with E-state index in [9.17, 15) is 9.90 Å². The highest BCUT2D eigenvalue weighted by Crippen LogP contribution is 2.28. The Morgan fingerprint density at radius 1 is 1.24 bits per heavy atom. The minimum atomic E-state index is -0.335. The Balaban J connectivity index is 1.66. The molecule has 128 valence electrons. The number of carbonyl (C=O) groups is 1. The first-order valence-electron chi connectivity index (χ1n) is 7.33. The van der Waals surface area contributed by atoms with Crippen LogP contribution in [0, 0.1) is 0 Å². The van der Waals surface area contributed by atoms with Crippen molar-refractivity contribution in [3.63, 3.8) is 0 Å². The molecule has 0 aromatic heterocycles. The molecule has 1 aliphatic heterocycles. The Hall–Kier alpha value is -2.02. The number of para-hydroxylation sites is 1. The van der Waals surface area contributed by atoms with Gasteiger partial charge in [0.25, 0.3) is 0 Å². The van der Waals surface area contributed by atoms with E-state index in [2.05, 4.69) is 15.5 Å². The normalized spacial score (nSPS) is 18.9. The van der Waals surface area contributed by atoms with Gasteiger partial charge in [0.05, 0.1) is 11.5 Å². The molecular weight excluding hydrogens is 381 g/mol. The fourth-order valence-electron chi connectivity index (χ4n) is 2.21. The molecule has 1 saturated heterocycles. The van der Waals surface area contributed by atoms with E-state index in [0.29, 0.717) is 27.2 Å².